The summed E-state index contributed by atoms with van der Waals surface area (Å²) in [7, 11) is 0. The number of ether oxygens (including phenoxy) is 1. The van der Waals surface area contributed by atoms with E-state index in [0.717, 1.165) is 15.5 Å². The van der Waals surface area contributed by atoms with Crippen molar-refractivity contribution in [3.63, 3.8) is 0 Å². The lowest BCUT2D eigenvalue weighted by atomic mass is 10.1. The molecule has 0 bridgehead atoms. The van der Waals surface area contributed by atoms with E-state index in [-0.39, 0.29) is 5.97 Å². The van der Waals surface area contributed by atoms with E-state index < -0.39 is 0 Å². The van der Waals surface area contributed by atoms with Crippen molar-refractivity contribution in [3.8, 4) is 0 Å². The Morgan fingerprint density at radius 1 is 1.21 bits per heavy atom. The summed E-state index contributed by atoms with van der Waals surface area (Å²) >= 11 is 1.73. The quantitative estimate of drug-likeness (QED) is 0.639. The normalized spacial score (nSPS) is 11.1. The number of esters is 1. The molecule has 2 aromatic carbocycles. The molecule has 1 aromatic heterocycles. The molecule has 0 atom stereocenters. The number of carbonyl (C=O) groups is 1. The number of fused-ring (bicyclic) bond motifs is 3. The lowest BCUT2D eigenvalue weighted by Crippen LogP contribution is -2.04. The largest absolute Gasteiger partial charge is 0.462 e. The molecular weight excluding hydrogens is 256 g/mol. The fraction of sp³-hybridized carbons (Fsp3) is 0.188. The van der Waals surface area contributed by atoms with Gasteiger partial charge in [-0.1, -0.05) is 24.3 Å². The van der Waals surface area contributed by atoms with Crippen LogP contribution >= 0.6 is 11.3 Å². The van der Waals surface area contributed by atoms with Crippen LogP contribution in [-0.2, 0) is 4.74 Å². The van der Waals surface area contributed by atoms with E-state index in [2.05, 4.69) is 25.1 Å². The zero-order valence-corrected chi connectivity index (χ0v) is 11.7. The van der Waals surface area contributed by atoms with Crippen LogP contribution in [-0.4, -0.2) is 12.6 Å². The van der Waals surface area contributed by atoms with Crippen LogP contribution in [0.3, 0.4) is 0 Å². The maximum atomic E-state index is 12.1. The summed E-state index contributed by atoms with van der Waals surface area (Å²) in [5.74, 6) is -0.241. The zero-order chi connectivity index (χ0) is 13.4. The molecule has 2 nitrogen and oxygen atoms in total. The van der Waals surface area contributed by atoms with Crippen molar-refractivity contribution in [2.45, 2.75) is 13.8 Å². The van der Waals surface area contributed by atoms with Crippen molar-refractivity contribution in [2.24, 2.45) is 0 Å². The summed E-state index contributed by atoms with van der Waals surface area (Å²) in [4.78, 5) is 12.1. The highest BCUT2D eigenvalue weighted by molar-refractivity contribution is 7.26. The Hall–Kier alpha value is -1.87. The topological polar surface area (TPSA) is 26.3 Å². The molecular formula is C16H14O2S. The fourth-order valence-corrected chi connectivity index (χ4v) is 3.57. The van der Waals surface area contributed by atoms with Gasteiger partial charge in [0.25, 0.3) is 0 Å². The molecule has 0 amide bonds. The Labute approximate surface area is 115 Å². The van der Waals surface area contributed by atoms with Crippen LogP contribution in [0.2, 0.25) is 0 Å². The van der Waals surface area contributed by atoms with E-state index in [4.69, 9.17) is 4.74 Å². The van der Waals surface area contributed by atoms with Gasteiger partial charge >= 0.3 is 5.97 Å². The first-order chi connectivity index (χ1) is 9.22. The highest BCUT2D eigenvalue weighted by Crippen LogP contribution is 2.37. The monoisotopic (exact) mass is 270 g/mol. The van der Waals surface area contributed by atoms with E-state index >= 15 is 0 Å². The van der Waals surface area contributed by atoms with Gasteiger partial charge in [-0.3, -0.25) is 0 Å². The molecule has 0 radical (unpaired) electrons. The summed E-state index contributed by atoms with van der Waals surface area (Å²) in [6.07, 6.45) is 0. The molecule has 19 heavy (non-hydrogen) atoms. The van der Waals surface area contributed by atoms with Crippen LogP contribution in [0.25, 0.3) is 20.2 Å². The number of rotatable bonds is 2. The Bertz CT molecular complexity index is 771. The van der Waals surface area contributed by atoms with E-state index in [1.54, 1.807) is 11.3 Å². The van der Waals surface area contributed by atoms with Gasteiger partial charge in [0, 0.05) is 20.2 Å². The van der Waals surface area contributed by atoms with Crippen LogP contribution in [0, 0.1) is 6.92 Å². The van der Waals surface area contributed by atoms with Crippen molar-refractivity contribution in [1.82, 2.24) is 0 Å². The second-order valence-corrected chi connectivity index (χ2v) is 5.51. The van der Waals surface area contributed by atoms with Gasteiger partial charge in [0.2, 0.25) is 0 Å². The molecule has 96 valence electrons. The minimum Gasteiger partial charge on any atom is -0.462 e. The van der Waals surface area contributed by atoms with Crippen molar-refractivity contribution < 1.29 is 9.53 Å². The second-order valence-electron chi connectivity index (χ2n) is 4.45. The van der Waals surface area contributed by atoms with Crippen LogP contribution < -0.4 is 0 Å². The van der Waals surface area contributed by atoms with Crippen molar-refractivity contribution in [1.29, 1.82) is 0 Å². The highest BCUT2D eigenvalue weighted by Gasteiger charge is 2.15. The second kappa shape index (κ2) is 4.67. The molecule has 3 heteroatoms. The standard InChI is InChI=1S/C16H14O2S/c1-3-18-16(17)12-8-5-9-13-14(12)11-7-4-6-10(2)15(11)19-13/h4-9H,3H2,1-2H3. The van der Waals surface area contributed by atoms with Gasteiger partial charge in [-0.2, -0.15) is 0 Å². The number of carbonyl (C=O) groups excluding carboxylic acids is 1. The molecule has 1 heterocycles. The third kappa shape index (κ3) is 1.90. The number of hydrogen-bond donors (Lipinski definition) is 0. The Balaban J connectivity index is 2.38. The van der Waals surface area contributed by atoms with Crippen molar-refractivity contribution in [3.05, 3.63) is 47.5 Å². The lowest BCUT2D eigenvalue weighted by Gasteiger charge is -2.03. The number of benzene rings is 2. The molecule has 0 aliphatic heterocycles. The average Bonchev–Trinajstić information content (AvgIpc) is 2.79. The lowest BCUT2D eigenvalue weighted by molar-refractivity contribution is 0.0529. The van der Waals surface area contributed by atoms with Gasteiger partial charge in [-0.05, 0) is 31.5 Å². The van der Waals surface area contributed by atoms with Gasteiger partial charge in [0.1, 0.15) is 0 Å². The molecule has 0 saturated heterocycles. The van der Waals surface area contributed by atoms with Crippen LogP contribution in [0.1, 0.15) is 22.8 Å². The molecule has 0 spiro atoms. The molecule has 0 aliphatic carbocycles. The summed E-state index contributed by atoms with van der Waals surface area (Å²) in [6, 6.07) is 12.0. The van der Waals surface area contributed by atoms with E-state index in [9.17, 15) is 4.79 Å². The van der Waals surface area contributed by atoms with Gasteiger partial charge in [-0.25, -0.2) is 4.79 Å². The Morgan fingerprint density at radius 3 is 2.79 bits per heavy atom. The third-order valence-corrected chi connectivity index (χ3v) is 4.52. The van der Waals surface area contributed by atoms with Crippen LogP contribution in [0.5, 0.6) is 0 Å². The SMILES string of the molecule is CCOC(=O)c1cccc2sc3c(C)cccc3c12. The molecule has 0 unspecified atom stereocenters. The van der Waals surface area contributed by atoms with Gasteiger partial charge in [-0.15, -0.1) is 11.3 Å². The van der Waals surface area contributed by atoms with E-state index in [0.29, 0.717) is 12.2 Å². The third-order valence-electron chi connectivity index (χ3n) is 3.21. The van der Waals surface area contributed by atoms with Crippen LogP contribution in [0.15, 0.2) is 36.4 Å². The first-order valence-electron chi connectivity index (χ1n) is 6.30. The maximum absolute atomic E-state index is 12.1. The van der Waals surface area contributed by atoms with E-state index in [1.165, 1.54) is 10.3 Å². The Morgan fingerprint density at radius 2 is 2.00 bits per heavy atom. The molecule has 3 rings (SSSR count). The predicted octanol–water partition coefficient (Wildman–Crippen LogP) is 4.54. The summed E-state index contributed by atoms with van der Waals surface area (Å²) < 4.78 is 7.53. The van der Waals surface area contributed by atoms with E-state index in [1.807, 2.05) is 25.1 Å². The number of aryl methyl sites for hydroxylation is 1. The first kappa shape index (κ1) is 12.2. The fourth-order valence-electron chi connectivity index (χ4n) is 2.37. The Kier molecular flexibility index (Phi) is 2.99. The highest BCUT2D eigenvalue weighted by atomic mass is 32.1. The predicted molar refractivity (Wildman–Crippen MR) is 80.0 cm³/mol. The minimum absolute atomic E-state index is 0.241. The minimum atomic E-state index is -0.241. The average molecular weight is 270 g/mol. The van der Waals surface area contributed by atoms with Gasteiger partial charge in [0.05, 0.1) is 12.2 Å². The molecule has 0 saturated carbocycles. The number of hydrogen-bond acceptors (Lipinski definition) is 3. The summed E-state index contributed by atoms with van der Waals surface area (Å²) in [5, 5.41) is 2.16. The zero-order valence-electron chi connectivity index (χ0n) is 10.9. The first-order valence-corrected chi connectivity index (χ1v) is 7.12. The number of thiophene rings is 1. The van der Waals surface area contributed by atoms with Crippen LogP contribution in [0.4, 0.5) is 0 Å². The van der Waals surface area contributed by atoms with Gasteiger partial charge in [0.15, 0.2) is 0 Å². The maximum Gasteiger partial charge on any atom is 0.338 e. The smallest absolute Gasteiger partial charge is 0.338 e. The molecule has 0 N–H and O–H groups in total. The van der Waals surface area contributed by atoms with Crippen molar-refractivity contribution in [2.75, 3.05) is 6.61 Å². The molecule has 3 aromatic rings. The van der Waals surface area contributed by atoms with Gasteiger partial charge < -0.3 is 4.74 Å². The van der Waals surface area contributed by atoms with Crippen molar-refractivity contribution >= 4 is 37.5 Å². The molecule has 0 fully saturated rings. The summed E-state index contributed by atoms with van der Waals surface area (Å²) in [6.45, 7) is 4.33. The summed E-state index contributed by atoms with van der Waals surface area (Å²) in [5.41, 5.74) is 1.91. The molecule has 0 aliphatic rings.